The second-order valence-electron chi connectivity index (χ2n) is 6.91. The van der Waals surface area contributed by atoms with E-state index in [1.54, 1.807) is 42.6 Å². The van der Waals surface area contributed by atoms with E-state index in [1.165, 1.54) is 3.97 Å². The summed E-state index contributed by atoms with van der Waals surface area (Å²) in [5.74, 6) is 0. The van der Waals surface area contributed by atoms with Gasteiger partial charge in [0.25, 0.3) is 10.0 Å². The number of hydrogen-bond acceptors (Lipinski definition) is 4. The molecule has 0 fully saturated rings. The molecule has 6 nitrogen and oxygen atoms in total. The molecule has 0 saturated heterocycles. The van der Waals surface area contributed by atoms with Crippen LogP contribution in [0.15, 0.2) is 59.6 Å². The van der Waals surface area contributed by atoms with Gasteiger partial charge < -0.3 is 0 Å². The van der Waals surface area contributed by atoms with Crippen LogP contribution < -0.4 is 5.14 Å². The fourth-order valence-corrected chi connectivity index (χ4v) is 3.44. The van der Waals surface area contributed by atoms with E-state index in [-0.39, 0.29) is 9.64 Å². The maximum absolute atomic E-state index is 12.6. The molecule has 0 amide bonds. The molecule has 3 aromatic rings. The Kier molecular flexibility index (Phi) is 6.56. The number of fused-ring (bicyclic) bond motifs is 1. The van der Waals surface area contributed by atoms with Crippen LogP contribution in [0.3, 0.4) is 0 Å². The van der Waals surface area contributed by atoms with Crippen molar-refractivity contribution in [3.8, 4) is 0 Å². The van der Waals surface area contributed by atoms with Crippen LogP contribution in [-0.2, 0) is 27.4 Å². The zero-order chi connectivity index (χ0) is 20.2. The van der Waals surface area contributed by atoms with E-state index in [9.17, 15) is 12.6 Å². The molecule has 2 heterocycles. The molecule has 2 N–H and O–H groups in total. The smallest absolute Gasteiger partial charge is 0.251 e. The van der Waals surface area contributed by atoms with Crippen molar-refractivity contribution in [2.75, 3.05) is 0 Å². The molecule has 27 heavy (non-hydrogen) atoms. The lowest BCUT2D eigenvalue weighted by molar-refractivity contribution is 0.588. The number of nitrogens with zero attached hydrogens (tertiary/aromatic N) is 2. The van der Waals surface area contributed by atoms with Crippen molar-refractivity contribution in [3.63, 3.8) is 0 Å². The molecular weight excluding hydrogens is 382 g/mol. The summed E-state index contributed by atoms with van der Waals surface area (Å²) < 4.78 is 36.6. The van der Waals surface area contributed by atoms with Crippen LogP contribution in [0.5, 0.6) is 0 Å². The van der Waals surface area contributed by atoms with Crippen molar-refractivity contribution in [3.05, 3.63) is 60.4 Å². The Bertz CT molecular complexity index is 1040. The van der Waals surface area contributed by atoms with E-state index >= 15 is 0 Å². The van der Waals surface area contributed by atoms with Gasteiger partial charge >= 0.3 is 0 Å². The lowest BCUT2D eigenvalue weighted by atomic mass is 10.2. The number of nitrogens with two attached hydrogens (primary N) is 1. The monoisotopic (exact) mass is 407 g/mol. The van der Waals surface area contributed by atoms with Crippen molar-refractivity contribution in [1.82, 2.24) is 8.96 Å². The van der Waals surface area contributed by atoms with Gasteiger partial charge in [0.2, 0.25) is 0 Å². The van der Waals surface area contributed by atoms with Crippen molar-refractivity contribution in [2.24, 2.45) is 5.14 Å². The normalized spacial score (nSPS) is 13.1. The molecule has 3 rings (SSSR count). The minimum Gasteiger partial charge on any atom is -0.251 e. The van der Waals surface area contributed by atoms with Gasteiger partial charge in [0, 0.05) is 17.3 Å². The van der Waals surface area contributed by atoms with Crippen LogP contribution in [0, 0.1) is 0 Å². The fourth-order valence-electron chi connectivity index (χ4n) is 2.12. The zero-order valence-electron chi connectivity index (χ0n) is 15.9. The van der Waals surface area contributed by atoms with Gasteiger partial charge in [-0.3, -0.25) is 5.14 Å². The molecule has 1 unspecified atom stereocenters. The number of benzene rings is 1. The van der Waals surface area contributed by atoms with Gasteiger partial charge in [0.15, 0.2) is 5.65 Å². The molecule has 2 aromatic heterocycles. The summed E-state index contributed by atoms with van der Waals surface area (Å²) in [4.78, 5) is 4.69. The lowest BCUT2D eigenvalue weighted by Crippen LogP contribution is -2.27. The number of aromatic nitrogens is 2. The van der Waals surface area contributed by atoms with E-state index in [2.05, 4.69) is 4.98 Å². The maximum Gasteiger partial charge on any atom is 0.269 e. The first-order chi connectivity index (χ1) is 12.6. The average molecular weight is 408 g/mol. The maximum atomic E-state index is 12.6. The standard InChI is InChI=1S/C15H14N2O2S.C4H11NOS/c1-2-13-9-8-12-10-11-17(15(12)16-13)20(18,19)14-6-4-3-5-7-14;1-4(2,3)7(5)6/h3-11H,2H2,1H3;5H2,1-3H3. The van der Waals surface area contributed by atoms with Gasteiger partial charge in [-0.2, -0.15) is 0 Å². The highest BCUT2D eigenvalue weighted by atomic mass is 32.2. The first-order valence-electron chi connectivity index (χ1n) is 8.51. The van der Waals surface area contributed by atoms with E-state index in [1.807, 2.05) is 39.8 Å². The third kappa shape index (κ3) is 5.03. The molecule has 8 heteroatoms. The Morgan fingerprint density at radius 1 is 1.07 bits per heavy atom. The van der Waals surface area contributed by atoms with Crippen molar-refractivity contribution in [1.29, 1.82) is 0 Å². The molecule has 0 spiro atoms. The van der Waals surface area contributed by atoms with Gasteiger partial charge in [-0.05, 0) is 57.5 Å². The van der Waals surface area contributed by atoms with E-state index in [0.29, 0.717) is 5.65 Å². The summed E-state index contributed by atoms with van der Waals surface area (Å²) in [6.07, 6.45) is 2.33. The number of aryl methyl sites for hydroxylation is 1. The van der Waals surface area contributed by atoms with Crippen LogP contribution in [0.25, 0.3) is 11.0 Å². The van der Waals surface area contributed by atoms with Crippen molar-refractivity contribution >= 4 is 32.0 Å². The van der Waals surface area contributed by atoms with Crippen LogP contribution in [-0.4, -0.2) is 26.3 Å². The molecule has 146 valence electrons. The summed E-state index contributed by atoms with van der Waals surface area (Å²) in [6, 6.07) is 14.0. The summed E-state index contributed by atoms with van der Waals surface area (Å²) in [5, 5.41) is 5.86. The van der Waals surface area contributed by atoms with E-state index in [0.717, 1.165) is 17.5 Å². The summed E-state index contributed by atoms with van der Waals surface area (Å²) in [5.41, 5.74) is 1.36. The first kappa shape index (κ1) is 21.3. The summed E-state index contributed by atoms with van der Waals surface area (Å²) >= 11 is 0. The number of hydrogen-bond donors (Lipinski definition) is 1. The number of pyridine rings is 1. The topological polar surface area (TPSA) is 95.0 Å². The van der Waals surface area contributed by atoms with Crippen LogP contribution >= 0.6 is 0 Å². The van der Waals surface area contributed by atoms with Gasteiger partial charge in [-0.25, -0.2) is 21.6 Å². The molecule has 0 aliphatic heterocycles. The third-order valence-corrected chi connectivity index (χ3v) is 6.71. The molecule has 1 aromatic carbocycles. The minimum absolute atomic E-state index is 0.250. The quantitative estimate of drug-likeness (QED) is 0.721. The fraction of sp³-hybridized carbons (Fsp3) is 0.316. The van der Waals surface area contributed by atoms with Gasteiger partial charge in [0.1, 0.15) is 0 Å². The van der Waals surface area contributed by atoms with E-state index < -0.39 is 21.0 Å². The second-order valence-corrected chi connectivity index (χ2v) is 10.5. The molecule has 0 aliphatic rings. The first-order valence-corrected chi connectivity index (χ1v) is 11.2. The third-order valence-electron chi connectivity index (χ3n) is 3.83. The summed E-state index contributed by atoms with van der Waals surface area (Å²) in [6.45, 7) is 7.50. The minimum atomic E-state index is -3.59. The highest BCUT2D eigenvalue weighted by Gasteiger charge is 2.19. The molecule has 0 saturated carbocycles. The summed E-state index contributed by atoms with van der Waals surface area (Å²) in [7, 11) is -4.78. The highest BCUT2D eigenvalue weighted by molar-refractivity contribution is 7.90. The Balaban J connectivity index is 0.000000321. The molecule has 0 bridgehead atoms. The van der Waals surface area contributed by atoms with Crippen LogP contribution in [0.1, 0.15) is 33.4 Å². The lowest BCUT2D eigenvalue weighted by Gasteiger charge is -2.11. The van der Waals surface area contributed by atoms with Gasteiger partial charge in [0.05, 0.1) is 20.6 Å². The van der Waals surface area contributed by atoms with Crippen LogP contribution in [0.4, 0.5) is 0 Å². The predicted octanol–water partition coefficient (Wildman–Crippen LogP) is 3.24. The van der Waals surface area contributed by atoms with Crippen LogP contribution in [0.2, 0.25) is 0 Å². The Morgan fingerprint density at radius 2 is 1.67 bits per heavy atom. The number of rotatable bonds is 3. The van der Waals surface area contributed by atoms with Gasteiger partial charge in [-0.15, -0.1) is 0 Å². The molecule has 1 atom stereocenters. The Morgan fingerprint density at radius 3 is 2.19 bits per heavy atom. The van der Waals surface area contributed by atoms with Crippen molar-refractivity contribution < 1.29 is 12.6 Å². The Hall–Kier alpha value is -2.03. The zero-order valence-corrected chi connectivity index (χ0v) is 17.5. The van der Waals surface area contributed by atoms with E-state index in [4.69, 9.17) is 5.14 Å². The second kappa shape index (κ2) is 8.33. The molecule has 0 radical (unpaired) electrons. The molecular formula is C19H25N3O3S2. The van der Waals surface area contributed by atoms with Crippen molar-refractivity contribution in [2.45, 2.75) is 43.8 Å². The average Bonchev–Trinajstić information content (AvgIpc) is 3.06. The largest absolute Gasteiger partial charge is 0.269 e. The van der Waals surface area contributed by atoms with Gasteiger partial charge in [-0.1, -0.05) is 25.1 Å². The predicted molar refractivity (Wildman–Crippen MR) is 110 cm³/mol. The molecule has 0 aliphatic carbocycles. The highest BCUT2D eigenvalue weighted by Crippen LogP contribution is 2.21. The Labute approximate surface area is 163 Å². The SMILES string of the molecule is CC(C)(C)S(N)=O.CCc1ccc2ccn(S(=O)(=O)c3ccccc3)c2n1.